The lowest BCUT2D eigenvalue weighted by Gasteiger charge is -2.24. The molecule has 0 fully saturated rings. The third-order valence-electron chi connectivity index (χ3n) is 4.45. The largest absolute Gasteiger partial charge is 0.496 e. The maximum absolute atomic E-state index is 12.4. The van der Waals surface area contributed by atoms with Crippen LogP contribution >= 0.6 is 0 Å². The number of carbonyl (C=O) groups is 1. The topological polar surface area (TPSA) is 51.1 Å². The maximum atomic E-state index is 12.4. The van der Waals surface area contributed by atoms with E-state index in [1.54, 1.807) is 7.11 Å². The van der Waals surface area contributed by atoms with Gasteiger partial charge in [0.15, 0.2) is 6.10 Å². The molecule has 1 unspecified atom stereocenters. The fourth-order valence-corrected chi connectivity index (χ4v) is 3.10. The first-order chi connectivity index (χ1) is 12.7. The van der Waals surface area contributed by atoms with Crippen molar-refractivity contribution in [1.29, 1.82) is 0 Å². The number of para-hydroxylation sites is 1. The quantitative estimate of drug-likeness (QED) is 0.765. The van der Waals surface area contributed by atoms with E-state index >= 15 is 0 Å². The average molecular weight is 352 g/mol. The minimum Gasteiger partial charge on any atom is -0.496 e. The van der Waals surface area contributed by atoms with Gasteiger partial charge < -0.3 is 14.5 Å². The number of benzene rings is 2. The van der Waals surface area contributed by atoms with Crippen LogP contribution in [0.1, 0.15) is 30.9 Å². The molecule has 0 saturated heterocycles. The number of rotatable bonds is 7. The van der Waals surface area contributed by atoms with Crippen LogP contribution in [-0.4, -0.2) is 36.3 Å². The molecular formula is C21H24N2O3. The van der Waals surface area contributed by atoms with E-state index in [0.29, 0.717) is 25.9 Å². The van der Waals surface area contributed by atoms with Gasteiger partial charge in [0.25, 0.3) is 0 Å². The number of methoxy groups -OCH3 is 1. The summed E-state index contributed by atoms with van der Waals surface area (Å²) in [6.45, 7) is 2.98. The first-order valence-corrected chi connectivity index (χ1v) is 8.89. The molecular weight excluding hydrogens is 328 g/mol. The molecule has 0 aromatic heterocycles. The number of ether oxygens (including phenoxy) is 1. The highest BCUT2D eigenvalue weighted by atomic mass is 16.6. The fourth-order valence-electron chi connectivity index (χ4n) is 3.10. The molecule has 3 rings (SSSR count). The molecule has 136 valence electrons. The molecule has 1 aliphatic rings. The van der Waals surface area contributed by atoms with Crippen molar-refractivity contribution in [2.75, 3.05) is 13.7 Å². The molecule has 0 aliphatic carbocycles. The first kappa shape index (κ1) is 18.0. The van der Waals surface area contributed by atoms with Crippen molar-refractivity contribution in [3.05, 3.63) is 65.7 Å². The van der Waals surface area contributed by atoms with Crippen LogP contribution in [0.25, 0.3) is 0 Å². The number of oxime groups is 1. The molecule has 2 aromatic carbocycles. The zero-order chi connectivity index (χ0) is 18.4. The molecule has 1 atom stereocenters. The molecule has 0 bridgehead atoms. The Morgan fingerprint density at radius 1 is 1.19 bits per heavy atom. The van der Waals surface area contributed by atoms with Crippen LogP contribution in [0.5, 0.6) is 5.75 Å². The van der Waals surface area contributed by atoms with Crippen molar-refractivity contribution in [3.8, 4) is 5.75 Å². The molecule has 0 N–H and O–H groups in total. The van der Waals surface area contributed by atoms with Crippen LogP contribution in [0, 0.1) is 0 Å². The van der Waals surface area contributed by atoms with E-state index in [0.717, 1.165) is 22.6 Å². The van der Waals surface area contributed by atoms with Gasteiger partial charge in [0.1, 0.15) is 5.75 Å². The Balaban J connectivity index is 1.67. The predicted molar refractivity (Wildman–Crippen MR) is 101 cm³/mol. The summed E-state index contributed by atoms with van der Waals surface area (Å²) >= 11 is 0. The second-order valence-corrected chi connectivity index (χ2v) is 6.28. The Labute approximate surface area is 154 Å². The summed E-state index contributed by atoms with van der Waals surface area (Å²) in [7, 11) is 1.65. The summed E-state index contributed by atoms with van der Waals surface area (Å²) in [5.41, 5.74) is 2.91. The highest BCUT2D eigenvalue weighted by Crippen LogP contribution is 2.25. The number of nitrogens with zero attached hydrogens (tertiary/aromatic N) is 2. The van der Waals surface area contributed by atoms with Gasteiger partial charge in [-0.3, -0.25) is 4.79 Å². The lowest BCUT2D eigenvalue weighted by Crippen LogP contribution is -2.36. The van der Waals surface area contributed by atoms with Crippen LogP contribution in [-0.2, 0) is 16.2 Å². The smallest absolute Gasteiger partial charge is 0.222 e. The van der Waals surface area contributed by atoms with Crippen molar-refractivity contribution >= 4 is 11.6 Å². The van der Waals surface area contributed by atoms with E-state index in [-0.39, 0.29) is 12.0 Å². The van der Waals surface area contributed by atoms with Gasteiger partial charge in [-0.25, -0.2) is 0 Å². The van der Waals surface area contributed by atoms with E-state index in [1.807, 2.05) is 66.4 Å². The molecule has 0 radical (unpaired) electrons. The van der Waals surface area contributed by atoms with Gasteiger partial charge in [0.2, 0.25) is 5.91 Å². The minimum atomic E-state index is -0.144. The van der Waals surface area contributed by atoms with Gasteiger partial charge in [0, 0.05) is 24.9 Å². The van der Waals surface area contributed by atoms with Gasteiger partial charge in [-0.15, -0.1) is 0 Å². The van der Waals surface area contributed by atoms with Crippen molar-refractivity contribution in [3.63, 3.8) is 0 Å². The summed E-state index contributed by atoms with van der Waals surface area (Å²) in [5, 5.41) is 4.24. The number of carbonyl (C=O) groups excluding carboxylic acids is 1. The van der Waals surface area contributed by atoms with Gasteiger partial charge in [-0.1, -0.05) is 54.5 Å². The maximum Gasteiger partial charge on any atom is 0.222 e. The third-order valence-corrected chi connectivity index (χ3v) is 4.45. The van der Waals surface area contributed by atoms with Crippen molar-refractivity contribution in [2.24, 2.45) is 5.16 Å². The summed E-state index contributed by atoms with van der Waals surface area (Å²) in [5.74, 6) is 0.893. The Kier molecular flexibility index (Phi) is 5.89. The second kappa shape index (κ2) is 8.52. The predicted octanol–water partition coefficient (Wildman–Crippen LogP) is 3.63. The van der Waals surface area contributed by atoms with Crippen molar-refractivity contribution in [1.82, 2.24) is 4.90 Å². The highest BCUT2D eigenvalue weighted by molar-refractivity contribution is 6.03. The molecule has 1 heterocycles. The zero-order valence-corrected chi connectivity index (χ0v) is 15.2. The number of hydrogen-bond acceptors (Lipinski definition) is 4. The van der Waals surface area contributed by atoms with Crippen LogP contribution in [0.2, 0.25) is 0 Å². The molecule has 0 saturated carbocycles. The fraction of sp³-hybridized carbons (Fsp3) is 0.333. The summed E-state index contributed by atoms with van der Waals surface area (Å²) in [6.07, 6.45) is 0.983. The molecule has 0 spiro atoms. The Morgan fingerprint density at radius 3 is 2.65 bits per heavy atom. The van der Waals surface area contributed by atoms with Gasteiger partial charge >= 0.3 is 0 Å². The van der Waals surface area contributed by atoms with Crippen molar-refractivity contribution < 1.29 is 14.4 Å². The Bertz CT molecular complexity index is 774. The second-order valence-electron chi connectivity index (χ2n) is 6.28. The monoisotopic (exact) mass is 352 g/mol. The van der Waals surface area contributed by atoms with Gasteiger partial charge in [0.05, 0.1) is 19.4 Å². The van der Waals surface area contributed by atoms with E-state index < -0.39 is 0 Å². The molecule has 2 aromatic rings. The summed E-state index contributed by atoms with van der Waals surface area (Å²) in [6, 6.07) is 17.8. The van der Waals surface area contributed by atoms with E-state index in [4.69, 9.17) is 9.57 Å². The normalized spacial score (nSPS) is 15.9. The Hall–Kier alpha value is -2.82. The van der Waals surface area contributed by atoms with Crippen molar-refractivity contribution in [2.45, 2.75) is 32.4 Å². The lowest BCUT2D eigenvalue weighted by molar-refractivity contribution is -0.133. The van der Waals surface area contributed by atoms with Gasteiger partial charge in [-0.05, 0) is 17.7 Å². The average Bonchev–Trinajstić information content (AvgIpc) is 3.16. The Morgan fingerprint density at radius 2 is 1.92 bits per heavy atom. The molecule has 5 heteroatoms. The van der Waals surface area contributed by atoms with E-state index in [2.05, 4.69) is 5.16 Å². The van der Waals surface area contributed by atoms with Crippen LogP contribution < -0.4 is 4.74 Å². The molecule has 26 heavy (non-hydrogen) atoms. The van der Waals surface area contributed by atoms with E-state index in [9.17, 15) is 4.79 Å². The third kappa shape index (κ3) is 4.23. The van der Waals surface area contributed by atoms with E-state index in [1.165, 1.54) is 0 Å². The highest BCUT2D eigenvalue weighted by Gasteiger charge is 2.27. The van der Waals surface area contributed by atoms with Gasteiger partial charge in [-0.2, -0.15) is 0 Å². The first-order valence-electron chi connectivity index (χ1n) is 8.89. The minimum absolute atomic E-state index is 0.114. The standard InChI is InChI=1S/C21H24N2O3/c1-3-21(24)23(14-16-9-5-4-6-10-16)15-17-13-19(22-26-17)18-11-7-8-12-20(18)25-2/h4-12,17H,3,13-15H2,1-2H3. The number of amides is 1. The molecule has 5 nitrogen and oxygen atoms in total. The summed E-state index contributed by atoms with van der Waals surface area (Å²) < 4.78 is 5.41. The summed E-state index contributed by atoms with van der Waals surface area (Å²) in [4.78, 5) is 19.8. The van der Waals surface area contributed by atoms with Crippen LogP contribution in [0.15, 0.2) is 59.8 Å². The molecule has 1 amide bonds. The SMILES string of the molecule is CCC(=O)N(Cc1ccccc1)CC1CC(c2ccccc2OC)=NO1. The van der Waals surface area contributed by atoms with Crippen LogP contribution in [0.3, 0.4) is 0 Å². The zero-order valence-electron chi connectivity index (χ0n) is 15.2. The van der Waals surface area contributed by atoms with Crippen LogP contribution in [0.4, 0.5) is 0 Å². The molecule has 1 aliphatic heterocycles. The lowest BCUT2D eigenvalue weighted by atomic mass is 10.0. The number of hydrogen-bond donors (Lipinski definition) is 0.